The summed E-state index contributed by atoms with van der Waals surface area (Å²) in [4.78, 5) is 30.3. The summed E-state index contributed by atoms with van der Waals surface area (Å²) in [7, 11) is 2.62. The van der Waals surface area contributed by atoms with Gasteiger partial charge in [0, 0.05) is 6.08 Å². The maximum atomic E-state index is 13.8. The van der Waals surface area contributed by atoms with Gasteiger partial charge in [-0.1, -0.05) is 0 Å². The predicted octanol–water partition coefficient (Wildman–Crippen LogP) is 2.68. The van der Waals surface area contributed by atoms with E-state index in [1.807, 2.05) is 0 Å². The fourth-order valence-corrected chi connectivity index (χ4v) is 3.01. The van der Waals surface area contributed by atoms with Gasteiger partial charge in [0.25, 0.3) is 11.8 Å². The number of esters is 1. The summed E-state index contributed by atoms with van der Waals surface area (Å²) in [5.41, 5.74) is 0.578. The van der Waals surface area contributed by atoms with Crippen LogP contribution < -0.4 is 14.8 Å². The van der Waals surface area contributed by atoms with Crippen molar-refractivity contribution in [2.75, 3.05) is 14.2 Å². The molecule has 2 heterocycles. The van der Waals surface area contributed by atoms with E-state index in [1.165, 1.54) is 26.5 Å². The van der Waals surface area contributed by atoms with Gasteiger partial charge in [-0.3, -0.25) is 10.1 Å². The van der Waals surface area contributed by atoms with Gasteiger partial charge in [-0.15, -0.1) is 5.10 Å². The number of rotatable bonds is 6. The van der Waals surface area contributed by atoms with Crippen LogP contribution in [-0.4, -0.2) is 47.4 Å². The number of aromatic nitrogens is 2. The first-order valence-corrected chi connectivity index (χ1v) is 9.53. The van der Waals surface area contributed by atoms with E-state index >= 15 is 0 Å². The first kappa shape index (κ1) is 22.2. The predicted molar refractivity (Wildman–Crippen MR) is 111 cm³/mol. The van der Waals surface area contributed by atoms with Crippen molar-refractivity contribution in [3.8, 4) is 17.4 Å². The van der Waals surface area contributed by atoms with E-state index in [1.54, 1.807) is 12.1 Å². The minimum atomic E-state index is -0.787. The van der Waals surface area contributed by atoms with Crippen LogP contribution in [0.4, 0.5) is 4.39 Å². The van der Waals surface area contributed by atoms with E-state index in [0.717, 1.165) is 24.0 Å². The maximum Gasteiger partial charge on any atom is 0.331 e. The number of thioether (sulfide) groups is 1. The third-order valence-corrected chi connectivity index (χ3v) is 4.62. The molecule has 10 nitrogen and oxygen atoms in total. The number of nitrogens with zero attached hydrogens (tertiary/aromatic N) is 4. The van der Waals surface area contributed by atoms with Crippen LogP contribution in [0.15, 0.2) is 45.6 Å². The van der Waals surface area contributed by atoms with Crippen molar-refractivity contribution in [2.45, 2.75) is 0 Å². The van der Waals surface area contributed by atoms with Crippen LogP contribution in [-0.2, 0) is 14.3 Å². The molecule has 3 rings (SSSR count). The van der Waals surface area contributed by atoms with E-state index in [2.05, 4.69) is 30.2 Å². The molecule has 160 valence electrons. The molecule has 0 spiro atoms. The van der Waals surface area contributed by atoms with Gasteiger partial charge in [0.1, 0.15) is 0 Å². The molecule has 1 aromatic carbocycles. The number of carbonyl (C=O) groups excluding carboxylic acids is 2. The van der Waals surface area contributed by atoms with Crippen molar-refractivity contribution >= 4 is 46.6 Å². The van der Waals surface area contributed by atoms with Crippen LogP contribution in [0.1, 0.15) is 5.56 Å². The zero-order chi connectivity index (χ0) is 22.4. The summed E-state index contributed by atoms with van der Waals surface area (Å²) >= 11 is 6.60. The first-order chi connectivity index (χ1) is 14.9. The summed E-state index contributed by atoms with van der Waals surface area (Å²) in [5.74, 6) is -1.81. The minimum absolute atomic E-state index is 0.140. The van der Waals surface area contributed by atoms with Crippen LogP contribution in [0.3, 0.4) is 0 Å². The van der Waals surface area contributed by atoms with Crippen molar-refractivity contribution in [2.24, 2.45) is 10.2 Å². The summed E-state index contributed by atoms with van der Waals surface area (Å²) in [6, 6.07) is 4.71. The molecule has 1 fully saturated rings. The Kier molecular flexibility index (Phi) is 7.15. The number of benzene rings is 1. The van der Waals surface area contributed by atoms with Crippen LogP contribution in [0.5, 0.6) is 17.4 Å². The molecule has 0 unspecified atom stereocenters. The Morgan fingerprint density at radius 3 is 2.87 bits per heavy atom. The normalized spacial score (nSPS) is 16.1. The van der Waals surface area contributed by atoms with Crippen molar-refractivity contribution in [3.05, 3.63) is 52.0 Å². The summed E-state index contributed by atoms with van der Waals surface area (Å²) in [5, 5.41) is 10.3. The molecule has 1 N–H and O–H groups in total. The minimum Gasteiger partial charge on any atom is -0.493 e. The van der Waals surface area contributed by atoms with Gasteiger partial charge in [0.15, 0.2) is 16.7 Å². The fourth-order valence-electron chi connectivity index (χ4n) is 2.14. The van der Waals surface area contributed by atoms with E-state index < -0.39 is 17.7 Å². The molecule has 2 aromatic rings. The lowest BCUT2D eigenvalue weighted by Gasteiger charge is -2.10. The lowest BCUT2D eigenvalue weighted by atomic mass is 10.2. The number of halogens is 2. The SMILES string of the molecule is COC(=O)/C=C1/S/C(=N\N=Cc2ccc(Oc3nc(Cl)ncc3F)c(OC)c2)NC1=O. The molecule has 31 heavy (non-hydrogen) atoms. The second kappa shape index (κ2) is 10.00. The molecule has 0 saturated carbocycles. The van der Waals surface area contributed by atoms with Crippen LogP contribution in [0.2, 0.25) is 5.28 Å². The monoisotopic (exact) mass is 465 g/mol. The van der Waals surface area contributed by atoms with Gasteiger partial charge in [0.2, 0.25) is 11.1 Å². The molecule has 0 radical (unpaired) electrons. The number of ether oxygens (including phenoxy) is 3. The molecular formula is C18H13ClFN5O5S. The molecule has 1 saturated heterocycles. The largest absolute Gasteiger partial charge is 0.493 e. The average Bonchev–Trinajstić information content (AvgIpc) is 3.10. The molecule has 1 aliphatic rings. The Balaban J connectivity index is 1.73. The Morgan fingerprint density at radius 2 is 2.13 bits per heavy atom. The van der Waals surface area contributed by atoms with Crippen molar-refractivity contribution in [3.63, 3.8) is 0 Å². The number of hydrogen-bond acceptors (Lipinski definition) is 10. The van der Waals surface area contributed by atoms with E-state index in [4.69, 9.17) is 21.1 Å². The number of hydrogen-bond donors (Lipinski definition) is 1. The highest BCUT2D eigenvalue weighted by atomic mass is 35.5. The maximum absolute atomic E-state index is 13.8. The Morgan fingerprint density at radius 1 is 1.32 bits per heavy atom. The van der Waals surface area contributed by atoms with Crippen molar-refractivity contribution in [1.29, 1.82) is 0 Å². The van der Waals surface area contributed by atoms with Gasteiger partial charge >= 0.3 is 5.97 Å². The lowest BCUT2D eigenvalue weighted by Crippen LogP contribution is -2.19. The molecule has 13 heteroatoms. The highest BCUT2D eigenvalue weighted by Gasteiger charge is 2.25. The topological polar surface area (TPSA) is 124 Å². The van der Waals surface area contributed by atoms with Gasteiger partial charge in [-0.05, 0) is 47.1 Å². The van der Waals surface area contributed by atoms with Crippen LogP contribution in [0, 0.1) is 5.82 Å². The fraction of sp³-hybridized carbons (Fsp3) is 0.111. The van der Waals surface area contributed by atoms with Gasteiger partial charge in [0.05, 0.1) is 31.5 Å². The quantitative estimate of drug-likeness (QED) is 0.227. The third kappa shape index (κ3) is 5.77. The zero-order valence-corrected chi connectivity index (χ0v) is 17.5. The van der Waals surface area contributed by atoms with Crippen molar-refractivity contribution < 1.29 is 28.2 Å². The van der Waals surface area contributed by atoms with Crippen LogP contribution in [0.25, 0.3) is 0 Å². The van der Waals surface area contributed by atoms with E-state index in [-0.39, 0.29) is 32.7 Å². The molecule has 1 amide bonds. The zero-order valence-electron chi connectivity index (χ0n) is 16.0. The van der Waals surface area contributed by atoms with Crippen LogP contribution >= 0.6 is 23.4 Å². The number of amidine groups is 1. The summed E-state index contributed by atoms with van der Waals surface area (Å²) in [6.07, 6.45) is 3.35. The molecule has 1 aromatic heterocycles. The lowest BCUT2D eigenvalue weighted by molar-refractivity contribution is -0.135. The Bertz CT molecular complexity index is 1120. The number of carbonyl (C=O) groups is 2. The number of methoxy groups -OCH3 is 2. The Labute approximate surface area is 184 Å². The van der Waals surface area contributed by atoms with E-state index in [9.17, 15) is 14.0 Å². The highest BCUT2D eigenvalue weighted by Crippen LogP contribution is 2.32. The molecule has 0 atom stereocenters. The van der Waals surface area contributed by atoms with Gasteiger partial charge in [-0.2, -0.15) is 14.5 Å². The molecule has 0 bridgehead atoms. The Hall–Kier alpha value is -3.51. The second-order valence-electron chi connectivity index (χ2n) is 5.54. The molecule has 0 aliphatic carbocycles. The average molecular weight is 466 g/mol. The van der Waals surface area contributed by atoms with Crippen molar-refractivity contribution in [1.82, 2.24) is 15.3 Å². The first-order valence-electron chi connectivity index (χ1n) is 8.33. The third-order valence-electron chi connectivity index (χ3n) is 3.53. The highest BCUT2D eigenvalue weighted by molar-refractivity contribution is 8.18. The standard InChI is InChI=1S/C18H13ClFN5O5S/c1-28-12-5-9(3-4-11(12)30-16-10(20)8-21-17(19)24-16)7-22-25-18-23-15(27)13(31-18)6-14(26)29-2/h3-8H,1-2H3,(H,23,25,27)/b13-6+,22-7?. The molecule has 1 aliphatic heterocycles. The molecular weight excluding hydrogens is 453 g/mol. The second-order valence-corrected chi connectivity index (χ2v) is 6.91. The summed E-state index contributed by atoms with van der Waals surface area (Å²) < 4.78 is 28.9. The van der Waals surface area contributed by atoms with Gasteiger partial charge < -0.3 is 14.2 Å². The van der Waals surface area contributed by atoms with E-state index in [0.29, 0.717) is 5.56 Å². The van der Waals surface area contributed by atoms with Gasteiger partial charge in [-0.25, -0.2) is 9.78 Å². The smallest absolute Gasteiger partial charge is 0.331 e. The summed E-state index contributed by atoms with van der Waals surface area (Å²) in [6.45, 7) is 0. The number of nitrogens with one attached hydrogen (secondary N) is 1. The number of amides is 1.